The van der Waals surface area contributed by atoms with Crippen LogP contribution in [0.3, 0.4) is 0 Å². The second-order valence-corrected chi connectivity index (χ2v) is 4.88. The average molecular weight is 226 g/mol. The van der Waals surface area contributed by atoms with E-state index in [2.05, 4.69) is 6.92 Å². The molecule has 0 spiro atoms. The monoisotopic (exact) mass is 226 g/mol. The van der Waals surface area contributed by atoms with Gasteiger partial charge >= 0.3 is 0 Å². The maximum Gasteiger partial charge on any atom is 0.123 e. The van der Waals surface area contributed by atoms with Gasteiger partial charge in [0, 0.05) is 4.90 Å². The fourth-order valence-corrected chi connectivity index (χ4v) is 2.34. The highest BCUT2D eigenvalue weighted by Crippen LogP contribution is 2.19. The van der Waals surface area contributed by atoms with E-state index in [1.165, 1.54) is 49.1 Å². The van der Waals surface area contributed by atoms with Crippen molar-refractivity contribution in [3.05, 3.63) is 30.1 Å². The zero-order chi connectivity index (χ0) is 10.9. The fourth-order valence-electron chi connectivity index (χ4n) is 1.43. The Morgan fingerprint density at radius 3 is 2.33 bits per heavy atom. The van der Waals surface area contributed by atoms with Gasteiger partial charge in [0.15, 0.2) is 0 Å². The number of rotatable bonds is 7. The molecule has 0 nitrogen and oxygen atoms in total. The molecule has 0 radical (unpaired) electrons. The zero-order valence-electron chi connectivity index (χ0n) is 9.34. The van der Waals surface area contributed by atoms with E-state index in [0.29, 0.717) is 0 Å². The summed E-state index contributed by atoms with van der Waals surface area (Å²) in [6.45, 7) is 2.23. The first-order valence-corrected chi connectivity index (χ1v) is 6.70. The lowest BCUT2D eigenvalue weighted by Crippen LogP contribution is -1.82. The van der Waals surface area contributed by atoms with Gasteiger partial charge in [0.25, 0.3) is 0 Å². The maximum atomic E-state index is 12.6. The van der Waals surface area contributed by atoms with E-state index in [9.17, 15) is 4.39 Å². The summed E-state index contributed by atoms with van der Waals surface area (Å²) < 4.78 is 12.6. The summed E-state index contributed by atoms with van der Waals surface area (Å²) in [5, 5.41) is 0. The molecular formula is C13H19FS. The van der Waals surface area contributed by atoms with Crippen LogP contribution in [0, 0.1) is 5.82 Å². The molecule has 0 aromatic heterocycles. The van der Waals surface area contributed by atoms with Gasteiger partial charge in [-0.1, -0.05) is 32.6 Å². The summed E-state index contributed by atoms with van der Waals surface area (Å²) in [5.74, 6) is 0.998. The summed E-state index contributed by atoms with van der Waals surface area (Å²) in [5.41, 5.74) is 0. The molecule has 15 heavy (non-hydrogen) atoms. The van der Waals surface area contributed by atoms with Crippen molar-refractivity contribution in [1.82, 2.24) is 0 Å². The Labute approximate surface area is 96.3 Å². The van der Waals surface area contributed by atoms with Crippen molar-refractivity contribution in [2.75, 3.05) is 5.75 Å². The van der Waals surface area contributed by atoms with Crippen LogP contribution in [-0.4, -0.2) is 5.75 Å². The molecule has 0 heterocycles. The number of halogens is 1. The van der Waals surface area contributed by atoms with E-state index in [4.69, 9.17) is 0 Å². The molecule has 0 atom stereocenters. The van der Waals surface area contributed by atoms with Crippen LogP contribution < -0.4 is 0 Å². The molecule has 0 aliphatic carbocycles. The van der Waals surface area contributed by atoms with E-state index < -0.39 is 0 Å². The van der Waals surface area contributed by atoms with E-state index in [1.807, 2.05) is 23.9 Å². The van der Waals surface area contributed by atoms with Crippen molar-refractivity contribution in [1.29, 1.82) is 0 Å². The minimum atomic E-state index is -0.151. The lowest BCUT2D eigenvalue weighted by atomic mass is 10.2. The van der Waals surface area contributed by atoms with E-state index in [1.54, 1.807) is 0 Å². The van der Waals surface area contributed by atoms with Gasteiger partial charge in [-0.2, -0.15) is 0 Å². The third-order valence-corrected chi connectivity index (χ3v) is 3.43. The van der Waals surface area contributed by atoms with Crippen LogP contribution in [0.1, 0.15) is 39.0 Å². The third-order valence-electron chi connectivity index (χ3n) is 2.33. The number of benzene rings is 1. The minimum absolute atomic E-state index is 0.151. The van der Waals surface area contributed by atoms with Crippen LogP contribution in [0.25, 0.3) is 0 Å². The molecule has 1 rings (SSSR count). The molecule has 0 amide bonds. The SMILES string of the molecule is CCCCCCCSc1ccc(F)cc1. The van der Waals surface area contributed by atoms with Crippen LogP contribution in [-0.2, 0) is 0 Å². The van der Waals surface area contributed by atoms with Crippen molar-refractivity contribution in [2.24, 2.45) is 0 Å². The van der Waals surface area contributed by atoms with Gasteiger partial charge in [-0.25, -0.2) is 4.39 Å². The standard InChI is InChI=1S/C13H19FS/c1-2-3-4-5-6-11-15-13-9-7-12(14)8-10-13/h7-10H,2-6,11H2,1H3. The second kappa shape index (κ2) is 7.75. The Kier molecular flexibility index (Phi) is 6.49. The molecule has 0 saturated heterocycles. The summed E-state index contributed by atoms with van der Waals surface area (Å²) in [6, 6.07) is 6.76. The molecular weight excluding hydrogens is 207 g/mol. The Bertz CT molecular complexity index is 256. The highest BCUT2D eigenvalue weighted by Gasteiger charge is 1.95. The van der Waals surface area contributed by atoms with Gasteiger partial charge < -0.3 is 0 Å². The number of hydrogen-bond acceptors (Lipinski definition) is 1. The average Bonchev–Trinajstić information content (AvgIpc) is 2.26. The highest BCUT2D eigenvalue weighted by molar-refractivity contribution is 7.99. The quantitative estimate of drug-likeness (QED) is 0.471. The molecule has 1 aromatic rings. The van der Waals surface area contributed by atoms with Crippen molar-refractivity contribution in [2.45, 2.75) is 43.9 Å². The zero-order valence-corrected chi connectivity index (χ0v) is 10.2. The summed E-state index contributed by atoms with van der Waals surface area (Å²) >= 11 is 1.82. The molecule has 0 unspecified atom stereocenters. The van der Waals surface area contributed by atoms with Gasteiger partial charge in [0.2, 0.25) is 0 Å². The van der Waals surface area contributed by atoms with Crippen LogP contribution in [0.15, 0.2) is 29.2 Å². The first-order chi connectivity index (χ1) is 7.33. The molecule has 0 aliphatic rings. The first-order valence-electron chi connectivity index (χ1n) is 5.71. The summed E-state index contributed by atoms with van der Waals surface area (Å²) in [4.78, 5) is 1.17. The third kappa shape index (κ3) is 5.83. The van der Waals surface area contributed by atoms with Crippen molar-refractivity contribution in [3.8, 4) is 0 Å². The van der Waals surface area contributed by atoms with Gasteiger partial charge in [-0.05, 0) is 36.4 Å². The Morgan fingerprint density at radius 2 is 1.67 bits per heavy atom. The van der Waals surface area contributed by atoms with E-state index in [0.717, 1.165) is 5.75 Å². The predicted molar refractivity (Wildman–Crippen MR) is 65.9 cm³/mol. The van der Waals surface area contributed by atoms with Crippen LogP contribution in [0.5, 0.6) is 0 Å². The molecule has 0 N–H and O–H groups in total. The molecule has 84 valence electrons. The lowest BCUT2D eigenvalue weighted by molar-refractivity contribution is 0.626. The number of thioether (sulfide) groups is 1. The fraction of sp³-hybridized carbons (Fsp3) is 0.538. The molecule has 0 bridgehead atoms. The molecule has 0 fully saturated rings. The van der Waals surface area contributed by atoms with Crippen LogP contribution in [0.2, 0.25) is 0 Å². The van der Waals surface area contributed by atoms with Crippen LogP contribution >= 0.6 is 11.8 Å². The van der Waals surface area contributed by atoms with Gasteiger partial charge in [0.1, 0.15) is 5.82 Å². The summed E-state index contributed by atoms with van der Waals surface area (Å²) in [7, 11) is 0. The smallest absolute Gasteiger partial charge is 0.123 e. The lowest BCUT2D eigenvalue weighted by Gasteiger charge is -2.01. The van der Waals surface area contributed by atoms with Gasteiger partial charge in [-0.15, -0.1) is 11.8 Å². The normalized spacial score (nSPS) is 10.5. The second-order valence-electron chi connectivity index (χ2n) is 3.72. The van der Waals surface area contributed by atoms with Gasteiger partial charge in [0.05, 0.1) is 0 Å². The molecule has 2 heteroatoms. The molecule has 1 aromatic carbocycles. The number of hydrogen-bond donors (Lipinski definition) is 0. The first kappa shape index (κ1) is 12.6. The van der Waals surface area contributed by atoms with Crippen LogP contribution in [0.4, 0.5) is 4.39 Å². The molecule has 0 aliphatic heterocycles. The van der Waals surface area contributed by atoms with E-state index in [-0.39, 0.29) is 5.82 Å². The Hall–Kier alpha value is -0.500. The predicted octanol–water partition coefficient (Wildman–Crippen LogP) is 4.89. The maximum absolute atomic E-state index is 12.6. The molecule has 0 saturated carbocycles. The van der Waals surface area contributed by atoms with Gasteiger partial charge in [-0.3, -0.25) is 0 Å². The Balaban J connectivity index is 2.07. The minimum Gasteiger partial charge on any atom is -0.207 e. The van der Waals surface area contributed by atoms with Crippen molar-refractivity contribution in [3.63, 3.8) is 0 Å². The van der Waals surface area contributed by atoms with E-state index >= 15 is 0 Å². The Morgan fingerprint density at radius 1 is 1.00 bits per heavy atom. The van der Waals surface area contributed by atoms with Crippen molar-refractivity contribution < 1.29 is 4.39 Å². The largest absolute Gasteiger partial charge is 0.207 e. The van der Waals surface area contributed by atoms with Crippen molar-refractivity contribution >= 4 is 11.8 Å². The summed E-state index contributed by atoms with van der Waals surface area (Å²) in [6.07, 6.45) is 6.58. The topological polar surface area (TPSA) is 0 Å². The highest BCUT2D eigenvalue weighted by atomic mass is 32.2. The number of unbranched alkanes of at least 4 members (excludes halogenated alkanes) is 4.